The molecule has 0 saturated carbocycles. The van der Waals surface area contributed by atoms with E-state index in [1.165, 1.54) is 0 Å². The number of rotatable bonds is 5. The van der Waals surface area contributed by atoms with Crippen LogP contribution in [0, 0.1) is 26.7 Å². The molecule has 0 radical (unpaired) electrons. The number of carbonyl (C=O) groups excluding carboxylic acids is 1. The summed E-state index contributed by atoms with van der Waals surface area (Å²) in [5.41, 5.74) is 3.84. The van der Waals surface area contributed by atoms with Crippen molar-refractivity contribution in [3.8, 4) is 0 Å². The van der Waals surface area contributed by atoms with E-state index in [4.69, 9.17) is 4.52 Å². The van der Waals surface area contributed by atoms with Gasteiger partial charge in [-0.25, -0.2) is 0 Å². The highest BCUT2D eigenvalue weighted by molar-refractivity contribution is 5.80. The van der Waals surface area contributed by atoms with Crippen molar-refractivity contribution < 1.29 is 19.2 Å². The Balaban J connectivity index is 1.72. The zero-order chi connectivity index (χ0) is 18.8. The van der Waals surface area contributed by atoms with E-state index in [2.05, 4.69) is 5.16 Å². The van der Waals surface area contributed by atoms with Crippen LogP contribution in [0.4, 0.5) is 0 Å². The lowest BCUT2D eigenvalue weighted by atomic mass is 9.86. The van der Waals surface area contributed by atoms with Gasteiger partial charge in [0.15, 0.2) is 0 Å². The molecule has 2 aromatic rings. The average Bonchev–Trinajstić information content (AvgIpc) is 3.18. The molecule has 1 N–H and O–H groups in total. The summed E-state index contributed by atoms with van der Waals surface area (Å²) in [6, 6.07) is 7.81. The Bertz CT molecular complexity index is 807. The fourth-order valence-corrected chi connectivity index (χ4v) is 3.82. The molecule has 2 atom stereocenters. The maximum absolute atomic E-state index is 12.7. The number of benzene rings is 1. The van der Waals surface area contributed by atoms with Gasteiger partial charge >= 0.3 is 5.97 Å². The lowest BCUT2D eigenvalue weighted by Crippen LogP contribution is -2.30. The van der Waals surface area contributed by atoms with E-state index in [9.17, 15) is 14.7 Å². The van der Waals surface area contributed by atoms with Crippen molar-refractivity contribution in [1.29, 1.82) is 0 Å². The van der Waals surface area contributed by atoms with Crippen LogP contribution in [0.25, 0.3) is 0 Å². The third kappa shape index (κ3) is 3.49. The van der Waals surface area contributed by atoms with Gasteiger partial charge in [0.1, 0.15) is 5.76 Å². The third-order valence-electron chi connectivity index (χ3n) is 5.35. The van der Waals surface area contributed by atoms with Gasteiger partial charge in [0.2, 0.25) is 5.91 Å². The van der Waals surface area contributed by atoms with Gasteiger partial charge in [-0.05, 0) is 38.3 Å². The Morgan fingerprint density at radius 1 is 1.23 bits per heavy atom. The number of hydrogen-bond donors (Lipinski definition) is 1. The number of nitrogens with zero attached hydrogens (tertiary/aromatic N) is 2. The first-order valence-electron chi connectivity index (χ1n) is 8.86. The zero-order valence-corrected chi connectivity index (χ0v) is 15.4. The molecule has 1 aliphatic heterocycles. The van der Waals surface area contributed by atoms with Crippen molar-refractivity contribution in [2.45, 2.75) is 39.5 Å². The van der Waals surface area contributed by atoms with Crippen LogP contribution in [0.15, 0.2) is 28.8 Å². The Kier molecular flexibility index (Phi) is 5.11. The van der Waals surface area contributed by atoms with Gasteiger partial charge in [-0.1, -0.05) is 29.4 Å². The molecule has 1 aliphatic rings. The summed E-state index contributed by atoms with van der Waals surface area (Å²) in [6.07, 6.45) is 0.888. The molecular formula is C20H24N2O4. The summed E-state index contributed by atoms with van der Waals surface area (Å²) in [5.74, 6) is -0.875. The standard InChI is InChI=1S/C20H24N2O4/c1-12-6-4-5-7-15(12)17-10-22(11-18(17)20(24)25)19(23)9-8-16-13(2)21-26-14(16)3/h4-7,17-18H,8-11H2,1-3H3,(H,24,25). The van der Waals surface area contributed by atoms with Gasteiger partial charge in [0.05, 0.1) is 11.6 Å². The fraction of sp³-hybridized carbons (Fsp3) is 0.450. The second-order valence-corrected chi connectivity index (χ2v) is 7.01. The molecule has 0 spiro atoms. The summed E-state index contributed by atoms with van der Waals surface area (Å²) in [5, 5.41) is 13.5. The lowest BCUT2D eigenvalue weighted by molar-refractivity contribution is -0.141. The summed E-state index contributed by atoms with van der Waals surface area (Å²) in [6.45, 7) is 6.39. The van der Waals surface area contributed by atoms with Gasteiger partial charge in [-0.3, -0.25) is 9.59 Å². The number of hydrogen-bond acceptors (Lipinski definition) is 4. The van der Waals surface area contributed by atoms with Crippen molar-refractivity contribution >= 4 is 11.9 Å². The minimum atomic E-state index is -0.848. The van der Waals surface area contributed by atoms with Crippen LogP contribution in [-0.2, 0) is 16.0 Å². The van der Waals surface area contributed by atoms with Crippen LogP contribution >= 0.6 is 0 Å². The first-order valence-corrected chi connectivity index (χ1v) is 8.86. The molecule has 1 aromatic heterocycles. The number of aryl methyl sites for hydroxylation is 3. The van der Waals surface area contributed by atoms with Gasteiger partial charge in [-0.2, -0.15) is 0 Å². The smallest absolute Gasteiger partial charge is 0.308 e. The average molecular weight is 356 g/mol. The van der Waals surface area contributed by atoms with Crippen LogP contribution in [-0.4, -0.2) is 40.1 Å². The molecule has 1 saturated heterocycles. The third-order valence-corrected chi connectivity index (χ3v) is 5.35. The van der Waals surface area contributed by atoms with Crippen LogP contribution in [0.2, 0.25) is 0 Å². The second kappa shape index (κ2) is 7.32. The van der Waals surface area contributed by atoms with E-state index in [0.29, 0.717) is 19.4 Å². The molecule has 138 valence electrons. The highest BCUT2D eigenvalue weighted by Crippen LogP contribution is 2.35. The Hall–Kier alpha value is -2.63. The van der Waals surface area contributed by atoms with Gasteiger partial charge in [-0.15, -0.1) is 0 Å². The molecule has 1 amide bonds. The van der Waals surface area contributed by atoms with Gasteiger partial charge < -0.3 is 14.5 Å². The maximum Gasteiger partial charge on any atom is 0.308 e. The van der Waals surface area contributed by atoms with Crippen LogP contribution < -0.4 is 0 Å². The summed E-state index contributed by atoms with van der Waals surface area (Å²) in [7, 11) is 0. The number of carboxylic acid groups (broad SMARTS) is 1. The van der Waals surface area contributed by atoms with E-state index in [-0.39, 0.29) is 18.4 Å². The number of carbonyl (C=O) groups is 2. The van der Waals surface area contributed by atoms with Crippen molar-refractivity contribution in [1.82, 2.24) is 10.1 Å². The van der Waals surface area contributed by atoms with E-state index in [0.717, 1.165) is 28.1 Å². The number of carboxylic acids is 1. The molecule has 26 heavy (non-hydrogen) atoms. The Labute approximate surface area is 152 Å². The second-order valence-electron chi connectivity index (χ2n) is 7.01. The normalized spacial score (nSPS) is 19.7. The van der Waals surface area contributed by atoms with Gasteiger partial charge in [0.25, 0.3) is 0 Å². The molecule has 0 aliphatic carbocycles. The predicted octanol–water partition coefficient (Wildman–Crippen LogP) is 2.86. The zero-order valence-electron chi connectivity index (χ0n) is 15.4. The largest absolute Gasteiger partial charge is 0.481 e. The molecule has 2 unspecified atom stereocenters. The first-order chi connectivity index (χ1) is 12.4. The Morgan fingerprint density at radius 3 is 2.58 bits per heavy atom. The van der Waals surface area contributed by atoms with E-state index < -0.39 is 11.9 Å². The van der Waals surface area contributed by atoms with Crippen LogP contribution in [0.1, 0.15) is 40.5 Å². The number of amides is 1. The molecule has 1 fully saturated rings. The molecule has 6 heteroatoms. The minimum Gasteiger partial charge on any atom is -0.481 e. The topological polar surface area (TPSA) is 83.6 Å². The van der Waals surface area contributed by atoms with Crippen molar-refractivity contribution in [2.24, 2.45) is 5.92 Å². The summed E-state index contributed by atoms with van der Waals surface area (Å²) < 4.78 is 5.14. The summed E-state index contributed by atoms with van der Waals surface area (Å²) >= 11 is 0. The van der Waals surface area contributed by atoms with E-state index in [1.54, 1.807) is 4.90 Å². The molecule has 2 heterocycles. The number of aromatic nitrogens is 1. The monoisotopic (exact) mass is 356 g/mol. The maximum atomic E-state index is 12.7. The molecule has 1 aromatic carbocycles. The molecule has 6 nitrogen and oxygen atoms in total. The van der Waals surface area contributed by atoms with E-state index >= 15 is 0 Å². The first kappa shape index (κ1) is 18.2. The van der Waals surface area contributed by atoms with Crippen LogP contribution in [0.5, 0.6) is 0 Å². The quantitative estimate of drug-likeness (QED) is 0.890. The fourth-order valence-electron chi connectivity index (χ4n) is 3.82. The molecule has 3 rings (SSSR count). The van der Waals surface area contributed by atoms with Crippen molar-refractivity contribution in [2.75, 3.05) is 13.1 Å². The predicted molar refractivity (Wildman–Crippen MR) is 95.9 cm³/mol. The van der Waals surface area contributed by atoms with Crippen LogP contribution in [0.3, 0.4) is 0 Å². The van der Waals surface area contributed by atoms with Crippen molar-refractivity contribution in [3.05, 3.63) is 52.4 Å². The van der Waals surface area contributed by atoms with Gasteiger partial charge in [0, 0.05) is 31.0 Å². The SMILES string of the molecule is Cc1ccccc1C1CN(C(=O)CCc2c(C)noc2C)CC1C(=O)O. The molecular weight excluding hydrogens is 332 g/mol. The minimum absolute atomic E-state index is 0.0210. The summed E-state index contributed by atoms with van der Waals surface area (Å²) in [4.78, 5) is 26.1. The van der Waals surface area contributed by atoms with E-state index in [1.807, 2.05) is 45.0 Å². The lowest BCUT2D eigenvalue weighted by Gasteiger charge is -2.18. The van der Waals surface area contributed by atoms with Crippen molar-refractivity contribution in [3.63, 3.8) is 0 Å². The number of likely N-dealkylation sites (tertiary alicyclic amines) is 1. The highest BCUT2D eigenvalue weighted by Gasteiger charge is 2.40. The molecule has 0 bridgehead atoms. The Morgan fingerprint density at radius 2 is 1.96 bits per heavy atom. The number of aliphatic carboxylic acids is 1. The highest BCUT2D eigenvalue weighted by atomic mass is 16.5.